The summed E-state index contributed by atoms with van der Waals surface area (Å²) in [7, 11) is 0. The molecular formula is C15H12FNO2. The quantitative estimate of drug-likeness (QED) is 0.857. The molecule has 19 heavy (non-hydrogen) atoms. The first-order valence-corrected chi connectivity index (χ1v) is 5.70. The summed E-state index contributed by atoms with van der Waals surface area (Å²) in [6.45, 7) is 0.138. The molecule has 1 heterocycles. The second-order valence-electron chi connectivity index (χ2n) is 3.78. The molecule has 96 valence electrons. The third-order valence-corrected chi connectivity index (χ3v) is 2.34. The second-order valence-corrected chi connectivity index (χ2v) is 3.78. The van der Waals surface area contributed by atoms with Crippen LogP contribution in [-0.4, -0.2) is 16.7 Å². The number of aliphatic hydroxyl groups excluding tert-OH is 1. The SMILES string of the molecule is OCC#Cc1cncc(OCc2ccc(F)cc2)c1. The van der Waals surface area contributed by atoms with Crippen molar-refractivity contribution >= 4 is 0 Å². The fourth-order valence-corrected chi connectivity index (χ4v) is 1.46. The highest BCUT2D eigenvalue weighted by Gasteiger charge is 1.98. The molecule has 2 aromatic rings. The number of aliphatic hydroxyl groups is 1. The molecule has 0 bridgehead atoms. The molecular weight excluding hydrogens is 245 g/mol. The van der Waals surface area contributed by atoms with E-state index in [2.05, 4.69) is 16.8 Å². The van der Waals surface area contributed by atoms with Gasteiger partial charge in [0.25, 0.3) is 0 Å². The van der Waals surface area contributed by atoms with Crippen LogP contribution in [0.25, 0.3) is 0 Å². The molecule has 1 aromatic heterocycles. The van der Waals surface area contributed by atoms with E-state index < -0.39 is 0 Å². The van der Waals surface area contributed by atoms with Crippen molar-refractivity contribution in [2.24, 2.45) is 0 Å². The normalized spacial score (nSPS) is 9.58. The summed E-state index contributed by atoms with van der Waals surface area (Å²) in [5.74, 6) is 5.59. The molecule has 0 aliphatic heterocycles. The monoisotopic (exact) mass is 257 g/mol. The average molecular weight is 257 g/mol. The van der Waals surface area contributed by atoms with Crippen LogP contribution in [0, 0.1) is 17.7 Å². The number of benzene rings is 1. The van der Waals surface area contributed by atoms with Gasteiger partial charge in [0.15, 0.2) is 0 Å². The molecule has 2 rings (SSSR count). The van der Waals surface area contributed by atoms with Gasteiger partial charge in [-0.3, -0.25) is 4.98 Å². The highest BCUT2D eigenvalue weighted by Crippen LogP contribution is 2.13. The molecule has 0 atom stereocenters. The molecule has 0 aliphatic rings. The molecule has 0 aliphatic carbocycles. The third kappa shape index (κ3) is 4.09. The van der Waals surface area contributed by atoms with Gasteiger partial charge in [-0.2, -0.15) is 0 Å². The van der Waals surface area contributed by atoms with Gasteiger partial charge in [0, 0.05) is 11.8 Å². The minimum absolute atomic E-state index is 0.194. The van der Waals surface area contributed by atoms with E-state index in [-0.39, 0.29) is 12.4 Å². The fraction of sp³-hybridized carbons (Fsp3) is 0.133. The maximum Gasteiger partial charge on any atom is 0.139 e. The van der Waals surface area contributed by atoms with Crippen LogP contribution >= 0.6 is 0 Å². The lowest BCUT2D eigenvalue weighted by Crippen LogP contribution is -1.96. The lowest BCUT2D eigenvalue weighted by molar-refractivity contribution is 0.304. The fourth-order valence-electron chi connectivity index (χ4n) is 1.46. The molecule has 0 spiro atoms. The summed E-state index contributed by atoms with van der Waals surface area (Å²) in [6.07, 6.45) is 3.17. The first-order valence-electron chi connectivity index (χ1n) is 5.70. The minimum atomic E-state index is -0.272. The summed E-state index contributed by atoms with van der Waals surface area (Å²) in [4.78, 5) is 3.99. The van der Waals surface area contributed by atoms with Gasteiger partial charge in [-0.25, -0.2) is 4.39 Å². The van der Waals surface area contributed by atoms with Crippen LogP contribution in [0.3, 0.4) is 0 Å². The van der Waals surface area contributed by atoms with Crippen LogP contribution in [0.15, 0.2) is 42.7 Å². The van der Waals surface area contributed by atoms with Crippen molar-refractivity contribution in [3.05, 3.63) is 59.7 Å². The molecule has 0 saturated carbocycles. The van der Waals surface area contributed by atoms with Gasteiger partial charge in [-0.1, -0.05) is 24.0 Å². The number of hydrogen-bond acceptors (Lipinski definition) is 3. The lowest BCUT2D eigenvalue weighted by atomic mass is 10.2. The zero-order chi connectivity index (χ0) is 13.5. The van der Waals surface area contributed by atoms with Crippen molar-refractivity contribution in [2.75, 3.05) is 6.61 Å². The van der Waals surface area contributed by atoms with Gasteiger partial charge in [0.2, 0.25) is 0 Å². The van der Waals surface area contributed by atoms with Gasteiger partial charge in [0.05, 0.1) is 6.20 Å². The smallest absolute Gasteiger partial charge is 0.139 e. The Morgan fingerprint density at radius 3 is 2.74 bits per heavy atom. The number of nitrogens with zero attached hydrogens (tertiary/aromatic N) is 1. The zero-order valence-corrected chi connectivity index (χ0v) is 10.1. The second kappa shape index (κ2) is 6.53. The van der Waals surface area contributed by atoms with Crippen molar-refractivity contribution in [1.82, 2.24) is 4.98 Å². The predicted molar refractivity (Wildman–Crippen MR) is 68.9 cm³/mol. The van der Waals surface area contributed by atoms with Crippen LogP contribution in [0.2, 0.25) is 0 Å². The van der Waals surface area contributed by atoms with E-state index in [1.54, 1.807) is 30.6 Å². The molecule has 0 radical (unpaired) electrons. The minimum Gasteiger partial charge on any atom is -0.487 e. The van der Waals surface area contributed by atoms with E-state index in [0.717, 1.165) is 5.56 Å². The maximum absolute atomic E-state index is 12.7. The first-order chi connectivity index (χ1) is 9.28. The van der Waals surface area contributed by atoms with Crippen LogP contribution < -0.4 is 4.74 Å². The van der Waals surface area contributed by atoms with Gasteiger partial charge in [-0.05, 0) is 23.8 Å². The van der Waals surface area contributed by atoms with Crippen molar-refractivity contribution in [3.63, 3.8) is 0 Å². The summed E-state index contributed by atoms with van der Waals surface area (Å²) in [6, 6.07) is 7.84. The molecule has 0 fully saturated rings. The number of pyridine rings is 1. The Balaban J connectivity index is 2.01. The Hall–Kier alpha value is -2.38. The standard InChI is InChI=1S/C15H12FNO2/c16-14-5-3-12(4-6-14)11-19-15-8-13(2-1-7-18)9-17-10-15/h3-6,8-10,18H,7,11H2. The van der Waals surface area contributed by atoms with Gasteiger partial charge in [0.1, 0.15) is 24.8 Å². The predicted octanol–water partition coefficient (Wildman–Crippen LogP) is 2.14. The Bertz CT molecular complexity index is 600. The van der Waals surface area contributed by atoms with Crippen LogP contribution in [0.4, 0.5) is 4.39 Å². The average Bonchev–Trinajstić information content (AvgIpc) is 2.45. The van der Waals surface area contributed by atoms with E-state index in [1.165, 1.54) is 12.1 Å². The van der Waals surface area contributed by atoms with Gasteiger partial charge >= 0.3 is 0 Å². The van der Waals surface area contributed by atoms with Crippen LogP contribution in [0.1, 0.15) is 11.1 Å². The van der Waals surface area contributed by atoms with Crippen molar-refractivity contribution in [2.45, 2.75) is 6.61 Å². The van der Waals surface area contributed by atoms with E-state index >= 15 is 0 Å². The van der Waals surface area contributed by atoms with Crippen molar-refractivity contribution in [3.8, 4) is 17.6 Å². The third-order valence-electron chi connectivity index (χ3n) is 2.34. The Morgan fingerprint density at radius 1 is 1.21 bits per heavy atom. The first kappa shape index (κ1) is 13.1. The molecule has 0 unspecified atom stereocenters. The molecule has 1 aromatic carbocycles. The summed E-state index contributed by atoms with van der Waals surface area (Å²) < 4.78 is 18.3. The summed E-state index contributed by atoms with van der Waals surface area (Å²) >= 11 is 0. The van der Waals surface area contributed by atoms with Gasteiger partial charge < -0.3 is 9.84 Å². The lowest BCUT2D eigenvalue weighted by Gasteiger charge is -2.06. The van der Waals surface area contributed by atoms with E-state index in [4.69, 9.17) is 9.84 Å². The van der Waals surface area contributed by atoms with E-state index in [9.17, 15) is 4.39 Å². The highest BCUT2D eigenvalue weighted by atomic mass is 19.1. The Morgan fingerprint density at radius 2 is 2.00 bits per heavy atom. The molecule has 4 heteroatoms. The molecule has 1 N–H and O–H groups in total. The molecule has 3 nitrogen and oxygen atoms in total. The molecule has 0 amide bonds. The van der Waals surface area contributed by atoms with Crippen molar-refractivity contribution in [1.29, 1.82) is 0 Å². The Kier molecular flexibility index (Phi) is 4.49. The summed E-state index contributed by atoms with van der Waals surface area (Å²) in [5.41, 5.74) is 1.54. The van der Waals surface area contributed by atoms with Gasteiger partial charge in [-0.15, -0.1) is 0 Å². The van der Waals surface area contributed by atoms with Crippen LogP contribution in [0.5, 0.6) is 5.75 Å². The number of rotatable bonds is 3. The number of aromatic nitrogens is 1. The number of hydrogen-bond donors (Lipinski definition) is 1. The Labute approximate surface area is 110 Å². The number of ether oxygens (including phenoxy) is 1. The number of halogens is 1. The van der Waals surface area contributed by atoms with E-state index in [1.807, 2.05) is 0 Å². The summed E-state index contributed by atoms with van der Waals surface area (Å²) in [5, 5.41) is 8.62. The van der Waals surface area contributed by atoms with E-state index in [0.29, 0.717) is 17.9 Å². The van der Waals surface area contributed by atoms with Crippen molar-refractivity contribution < 1.29 is 14.2 Å². The molecule has 0 saturated heterocycles. The van der Waals surface area contributed by atoms with Crippen LogP contribution in [-0.2, 0) is 6.61 Å². The topological polar surface area (TPSA) is 42.4 Å². The largest absolute Gasteiger partial charge is 0.487 e. The highest BCUT2D eigenvalue weighted by molar-refractivity contribution is 5.36. The maximum atomic E-state index is 12.7. The zero-order valence-electron chi connectivity index (χ0n) is 10.1.